The lowest BCUT2D eigenvalue weighted by atomic mass is 9.95. The normalized spacial score (nSPS) is 20.7. The van der Waals surface area contributed by atoms with Gasteiger partial charge < -0.3 is 15.4 Å². The zero-order chi connectivity index (χ0) is 22.3. The Morgan fingerprint density at radius 3 is 2.48 bits per heavy atom. The van der Waals surface area contributed by atoms with E-state index in [1.54, 1.807) is 43.3 Å². The van der Waals surface area contributed by atoms with Crippen molar-refractivity contribution in [3.8, 4) is 0 Å². The maximum Gasteiger partial charge on any atom is 0.319 e. The molecule has 2 unspecified atom stereocenters. The van der Waals surface area contributed by atoms with Crippen LogP contribution in [0.15, 0.2) is 58.8 Å². The largest absolute Gasteiger partial charge is 0.446 e. The minimum Gasteiger partial charge on any atom is -0.446 e. The predicted molar refractivity (Wildman–Crippen MR) is 114 cm³/mol. The van der Waals surface area contributed by atoms with Crippen molar-refractivity contribution >= 4 is 41.0 Å². The van der Waals surface area contributed by atoms with E-state index in [0.717, 1.165) is 5.01 Å². The number of hydrazone groups is 1. The van der Waals surface area contributed by atoms with Crippen LogP contribution >= 0.6 is 23.2 Å². The molecular weight excluding hydrogens is 446 g/mol. The smallest absolute Gasteiger partial charge is 0.319 e. The minimum absolute atomic E-state index is 0.0365. The second-order valence-electron chi connectivity index (χ2n) is 6.97. The molecule has 0 radical (unpaired) electrons. The highest BCUT2D eigenvalue weighted by Crippen LogP contribution is 2.40. The van der Waals surface area contributed by atoms with E-state index in [2.05, 4.69) is 15.7 Å². The van der Waals surface area contributed by atoms with E-state index in [4.69, 9.17) is 27.9 Å². The van der Waals surface area contributed by atoms with Gasteiger partial charge in [0.25, 0.3) is 0 Å². The quantitative estimate of drug-likeness (QED) is 0.695. The number of rotatable bonds is 3. The summed E-state index contributed by atoms with van der Waals surface area (Å²) in [5, 5.41) is 11.4. The first-order valence-electron chi connectivity index (χ1n) is 9.30. The summed E-state index contributed by atoms with van der Waals surface area (Å²) in [5.74, 6) is -0.883. The molecule has 3 amide bonds. The number of carbonyl (C=O) groups is 2. The number of hydrogen-bond acceptors (Lipinski definition) is 4. The van der Waals surface area contributed by atoms with Gasteiger partial charge in [0.2, 0.25) is 18.0 Å². The standard InChI is InChI=1S/C21H17Cl2FN4O3/c1-10-16(18(26-21(30)25-10)12-6-3-4-9-15(12)24)19-27-28(11(2)29)20(31-19)17-13(22)7-5-8-14(17)23/h3-9,18,20H,1-2H3,(H2,25,26,30). The SMILES string of the molecule is CC(=O)N1N=C(C2=C(C)NC(=O)NC2c2ccccc2F)OC1c1c(Cl)cccc1Cl. The van der Waals surface area contributed by atoms with Gasteiger partial charge in [0, 0.05) is 18.2 Å². The summed E-state index contributed by atoms with van der Waals surface area (Å²) in [6.07, 6.45) is -1.02. The van der Waals surface area contributed by atoms with Gasteiger partial charge in [-0.3, -0.25) is 4.79 Å². The fourth-order valence-electron chi connectivity index (χ4n) is 3.53. The number of halogens is 3. The van der Waals surface area contributed by atoms with Gasteiger partial charge in [-0.05, 0) is 25.1 Å². The third-order valence-electron chi connectivity index (χ3n) is 4.93. The van der Waals surface area contributed by atoms with Crippen molar-refractivity contribution < 1.29 is 18.7 Å². The van der Waals surface area contributed by atoms with Crippen LogP contribution in [0.3, 0.4) is 0 Å². The van der Waals surface area contributed by atoms with Crippen molar-refractivity contribution in [1.82, 2.24) is 15.6 Å². The number of hydrogen-bond donors (Lipinski definition) is 2. The number of ether oxygens (including phenoxy) is 1. The first-order chi connectivity index (χ1) is 14.8. The fraction of sp³-hybridized carbons (Fsp3) is 0.190. The van der Waals surface area contributed by atoms with Gasteiger partial charge in [0.05, 0.1) is 27.2 Å². The maximum atomic E-state index is 14.6. The molecule has 2 heterocycles. The minimum atomic E-state index is -1.02. The number of allylic oxidation sites excluding steroid dienone is 1. The van der Waals surface area contributed by atoms with Crippen LogP contribution in [0.5, 0.6) is 0 Å². The molecule has 0 spiro atoms. The molecule has 4 rings (SSSR count). The zero-order valence-electron chi connectivity index (χ0n) is 16.4. The number of urea groups is 1. The molecule has 2 atom stereocenters. The van der Waals surface area contributed by atoms with Crippen molar-refractivity contribution in [2.24, 2.45) is 5.10 Å². The molecule has 2 aliphatic heterocycles. The lowest BCUT2D eigenvalue weighted by Gasteiger charge is -2.29. The molecule has 7 nitrogen and oxygen atoms in total. The highest BCUT2D eigenvalue weighted by atomic mass is 35.5. The Labute approximate surface area is 187 Å². The van der Waals surface area contributed by atoms with Gasteiger partial charge in [-0.15, -0.1) is 5.10 Å². The number of nitrogens with zero attached hydrogens (tertiary/aromatic N) is 2. The lowest BCUT2D eigenvalue weighted by molar-refractivity contribution is -0.135. The molecule has 2 aliphatic rings. The summed E-state index contributed by atoms with van der Waals surface area (Å²) >= 11 is 12.6. The summed E-state index contributed by atoms with van der Waals surface area (Å²) < 4.78 is 20.6. The Morgan fingerprint density at radius 1 is 1.16 bits per heavy atom. The van der Waals surface area contributed by atoms with Crippen molar-refractivity contribution in [3.05, 3.63) is 80.7 Å². The molecule has 10 heteroatoms. The van der Waals surface area contributed by atoms with Crippen LogP contribution in [0.25, 0.3) is 0 Å². The first kappa shape index (κ1) is 21.1. The van der Waals surface area contributed by atoms with Gasteiger partial charge >= 0.3 is 6.03 Å². The molecule has 0 aromatic heterocycles. The van der Waals surface area contributed by atoms with Gasteiger partial charge in [-0.1, -0.05) is 47.5 Å². The average molecular weight is 463 g/mol. The van der Waals surface area contributed by atoms with Crippen LogP contribution < -0.4 is 10.6 Å². The second kappa shape index (κ2) is 8.20. The number of benzene rings is 2. The summed E-state index contributed by atoms with van der Waals surface area (Å²) in [5.41, 5.74) is 1.38. The van der Waals surface area contributed by atoms with E-state index in [0.29, 0.717) is 26.9 Å². The average Bonchev–Trinajstić information content (AvgIpc) is 3.12. The maximum absolute atomic E-state index is 14.6. The van der Waals surface area contributed by atoms with Crippen LogP contribution in [0, 0.1) is 5.82 Å². The molecule has 0 fully saturated rings. The molecule has 0 saturated heterocycles. The zero-order valence-corrected chi connectivity index (χ0v) is 18.0. The first-order valence-corrected chi connectivity index (χ1v) is 10.1. The number of amides is 3. The fourth-order valence-corrected chi connectivity index (χ4v) is 4.11. The Balaban J connectivity index is 1.81. The molecule has 160 valence electrons. The third kappa shape index (κ3) is 3.84. The molecule has 2 N–H and O–H groups in total. The Bertz CT molecular complexity index is 1130. The van der Waals surface area contributed by atoms with Crippen LogP contribution in [0.1, 0.15) is 37.2 Å². The Hall–Kier alpha value is -3.10. The van der Waals surface area contributed by atoms with Crippen molar-refractivity contribution in [2.45, 2.75) is 26.1 Å². The molecule has 0 aliphatic carbocycles. The van der Waals surface area contributed by atoms with E-state index >= 15 is 0 Å². The molecule has 2 aromatic carbocycles. The Morgan fingerprint density at radius 2 is 1.84 bits per heavy atom. The van der Waals surface area contributed by atoms with E-state index in [1.165, 1.54) is 13.0 Å². The van der Waals surface area contributed by atoms with Crippen molar-refractivity contribution in [3.63, 3.8) is 0 Å². The second-order valence-corrected chi connectivity index (χ2v) is 7.78. The van der Waals surface area contributed by atoms with Gasteiger partial charge in [-0.25, -0.2) is 9.18 Å². The van der Waals surface area contributed by atoms with E-state index in [1.807, 2.05) is 0 Å². The number of carbonyl (C=O) groups excluding carboxylic acids is 2. The van der Waals surface area contributed by atoms with Crippen LogP contribution in [-0.2, 0) is 9.53 Å². The lowest BCUT2D eigenvalue weighted by Crippen LogP contribution is -2.45. The van der Waals surface area contributed by atoms with Gasteiger partial charge in [0.15, 0.2) is 0 Å². The highest BCUT2D eigenvalue weighted by Gasteiger charge is 2.41. The van der Waals surface area contributed by atoms with Crippen LogP contribution in [-0.4, -0.2) is 22.8 Å². The third-order valence-corrected chi connectivity index (χ3v) is 5.59. The molecule has 2 aromatic rings. The summed E-state index contributed by atoms with van der Waals surface area (Å²) in [6, 6.07) is 9.59. The molecule has 0 saturated carbocycles. The highest BCUT2D eigenvalue weighted by molar-refractivity contribution is 6.36. The van der Waals surface area contributed by atoms with Crippen LogP contribution in [0.2, 0.25) is 10.0 Å². The Kier molecular flexibility index (Phi) is 5.60. The van der Waals surface area contributed by atoms with Crippen molar-refractivity contribution in [1.29, 1.82) is 0 Å². The topological polar surface area (TPSA) is 83.0 Å². The van der Waals surface area contributed by atoms with Crippen LogP contribution in [0.4, 0.5) is 9.18 Å². The van der Waals surface area contributed by atoms with E-state index in [-0.39, 0.29) is 11.5 Å². The summed E-state index contributed by atoms with van der Waals surface area (Å²) in [7, 11) is 0. The van der Waals surface area contributed by atoms with E-state index < -0.39 is 30.0 Å². The van der Waals surface area contributed by atoms with Crippen molar-refractivity contribution in [2.75, 3.05) is 0 Å². The molecule has 31 heavy (non-hydrogen) atoms. The van der Waals surface area contributed by atoms with Gasteiger partial charge in [0.1, 0.15) is 5.82 Å². The molecule has 0 bridgehead atoms. The van der Waals surface area contributed by atoms with E-state index in [9.17, 15) is 14.0 Å². The summed E-state index contributed by atoms with van der Waals surface area (Å²) in [4.78, 5) is 24.4. The molecular formula is C21H17Cl2FN4O3. The predicted octanol–water partition coefficient (Wildman–Crippen LogP) is 4.65. The monoisotopic (exact) mass is 462 g/mol. The summed E-state index contributed by atoms with van der Waals surface area (Å²) in [6.45, 7) is 2.96. The number of nitrogens with one attached hydrogen (secondary N) is 2. The van der Waals surface area contributed by atoms with Gasteiger partial charge in [-0.2, -0.15) is 5.01 Å².